The van der Waals surface area contributed by atoms with Gasteiger partial charge in [-0.05, 0) is 34.5 Å². The van der Waals surface area contributed by atoms with Crippen molar-refractivity contribution in [1.82, 2.24) is 9.80 Å². The first-order valence-corrected chi connectivity index (χ1v) is 7.77. The van der Waals surface area contributed by atoms with E-state index in [1.54, 1.807) is 6.07 Å². The Morgan fingerprint density at radius 1 is 1.25 bits per heavy atom. The van der Waals surface area contributed by atoms with Crippen molar-refractivity contribution in [3.05, 3.63) is 38.3 Å². The van der Waals surface area contributed by atoms with Crippen LogP contribution < -0.4 is 0 Å². The summed E-state index contributed by atoms with van der Waals surface area (Å²) in [5.74, 6) is 0. The molecule has 0 bridgehead atoms. The number of hydrogen-bond acceptors (Lipinski definition) is 4. The fourth-order valence-corrected chi connectivity index (χ4v) is 3.09. The maximum atomic E-state index is 10.9. The van der Waals surface area contributed by atoms with Crippen LogP contribution in [0.5, 0.6) is 0 Å². The third-order valence-corrected chi connectivity index (χ3v) is 4.57. The Balaban J connectivity index is 1.98. The van der Waals surface area contributed by atoms with Crippen LogP contribution in [0.2, 0.25) is 0 Å². The summed E-state index contributed by atoms with van der Waals surface area (Å²) in [6.07, 6.45) is 1.19. The van der Waals surface area contributed by atoms with Gasteiger partial charge >= 0.3 is 0 Å². The van der Waals surface area contributed by atoms with Crippen molar-refractivity contribution in [3.63, 3.8) is 0 Å². The van der Waals surface area contributed by atoms with Crippen LogP contribution in [0.4, 0.5) is 5.69 Å². The second-order valence-electron chi connectivity index (χ2n) is 5.13. The third-order valence-electron chi connectivity index (χ3n) is 3.65. The molecule has 1 aliphatic heterocycles. The molecule has 1 fully saturated rings. The lowest BCUT2D eigenvalue weighted by Gasteiger charge is -2.34. The van der Waals surface area contributed by atoms with E-state index in [0.29, 0.717) is 4.47 Å². The summed E-state index contributed by atoms with van der Waals surface area (Å²) in [4.78, 5) is 15.4. The van der Waals surface area contributed by atoms with Gasteiger partial charge in [-0.3, -0.25) is 15.0 Å². The molecule has 0 aliphatic carbocycles. The first-order chi connectivity index (χ1) is 9.61. The molecular formula is C14H20BrN3O2. The number of rotatable bonds is 5. The molecule has 5 nitrogen and oxygen atoms in total. The van der Waals surface area contributed by atoms with Crippen molar-refractivity contribution in [1.29, 1.82) is 0 Å². The Hall–Kier alpha value is -0.980. The average molecular weight is 342 g/mol. The van der Waals surface area contributed by atoms with Gasteiger partial charge in [0.15, 0.2) is 0 Å². The zero-order valence-corrected chi connectivity index (χ0v) is 13.3. The standard InChI is InChI=1S/C14H20BrN3O2/c1-2-6-16-7-9-17(10-8-16)11-12-4-3-5-13(14(12)15)18(19)20/h3-5H,2,6-11H2,1H3. The van der Waals surface area contributed by atoms with Crippen molar-refractivity contribution in [2.24, 2.45) is 0 Å². The van der Waals surface area contributed by atoms with Crippen molar-refractivity contribution >= 4 is 21.6 Å². The SMILES string of the molecule is CCCN1CCN(Cc2cccc([N+](=O)[O-])c2Br)CC1. The van der Waals surface area contributed by atoms with Gasteiger partial charge in [-0.2, -0.15) is 0 Å². The minimum Gasteiger partial charge on any atom is -0.301 e. The molecule has 1 aromatic rings. The summed E-state index contributed by atoms with van der Waals surface area (Å²) in [7, 11) is 0. The largest absolute Gasteiger partial charge is 0.301 e. The van der Waals surface area contributed by atoms with Gasteiger partial charge in [-0.1, -0.05) is 19.1 Å². The highest BCUT2D eigenvalue weighted by molar-refractivity contribution is 9.10. The molecule has 0 spiro atoms. The summed E-state index contributed by atoms with van der Waals surface area (Å²) >= 11 is 3.37. The smallest absolute Gasteiger partial charge is 0.283 e. The highest BCUT2D eigenvalue weighted by Gasteiger charge is 2.20. The van der Waals surface area contributed by atoms with Crippen LogP contribution in [-0.2, 0) is 6.54 Å². The van der Waals surface area contributed by atoms with Crippen LogP contribution in [0, 0.1) is 10.1 Å². The Kier molecular flexibility index (Phi) is 5.51. The van der Waals surface area contributed by atoms with Crippen LogP contribution in [0.25, 0.3) is 0 Å². The zero-order chi connectivity index (χ0) is 14.5. The lowest BCUT2D eigenvalue weighted by molar-refractivity contribution is -0.385. The molecule has 0 atom stereocenters. The zero-order valence-electron chi connectivity index (χ0n) is 11.7. The molecule has 1 aromatic carbocycles. The molecule has 1 saturated heterocycles. The van der Waals surface area contributed by atoms with Crippen molar-refractivity contribution in [2.45, 2.75) is 19.9 Å². The second-order valence-corrected chi connectivity index (χ2v) is 5.92. The Labute approximate surface area is 127 Å². The van der Waals surface area contributed by atoms with Crippen LogP contribution in [0.3, 0.4) is 0 Å². The highest BCUT2D eigenvalue weighted by Crippen LogP contribution is 2.29. The predicted molar refractivity (Wildman–Crippen MR) is 82.8 cm³/mol. The number of nitro benzene ring substituents is 1. The monoisotopic (exact) mass is 341 g/mol. The van der Waals surface area contributed by atoms with Crippen LogP contribution in [0.15, 0.2) is 22.7 Å². The van der Waals surface area contributed by atoms with Gasteiger partial charge in [0.25, 0.3) is 5.69 Å². The number of piperazine rings is 1. The van der Waals surface area contributed by atoms with Gasteiger partial charge in [-0.15, -0.1) is 0 Å². The molecule has 0 N–H and O–H groups in total. The number of halogens is 1. The lowest BCUT2D eigenvalue weighted by Crippen LogP contribution is -2.46. The van der Waals surface area contributed by atoms with Crippen molar-refractivity contribution in [3.8, 4) is 0 Å². The minimum absolute atomic E-state index is 0.145. The van der Waals surface area contributed by atoms with Crippen LogP contribution in [-0.4, -0.2) is 47.4 Å². The van der Waals surface area contributed by atoms with E-state index in [1.807, 2.05) is 6.07 Å². The molecule has 2 rings (SSSR count). The number of hydrogen-bond donors (Lipinski definition) is 0. The topological polar surface area (TPSA) is 49.6 Å². The average Bonchev–Trinajstić information content (AvgIpc) is 2.43. The Morgan fingerprint density at radius 3 is 2.50 bits per heavy atom. The molecule has 1 aliphatic rings. The number of nitrogens with zero attached hydrogens (tertiary/aromatic N) is 3. The molecule has 0 radical (unpaired) electrons. The van der Waals surface area contributed by atoms with E-state index >= 15 is 0 Å². The van der Waals surface area contributed by atoms with E-state index in [9.17, 15) is 10.1 Å². The molecule has 20 heavy (non-hydrogen) atoms. The highest BCUT2D eigenvalue weighted by atomic mass is 79.9. The third kappa shape index (κ3) is 3.77. The minimum atomic E-state index is -0.341. The van der Waals surface area contributed by atoms with Crippen molar-refractivity contribution in [2.75, 3.05) is 32.7 Å². The van der Waals surface area contributed by atoms with Gasteiger partial charge in [0.1, 0.15) is 0 Å². The number of nitro groups is 1. The van der Waals surface area contributed by atoms with Crippen LogP contribution >= 0.6 is 15.9 Å². The van der Waals surface area contributed by atoms with E-state index < -0.39 is 0 Å². The summed E-state index contributed by atoms with van der Waals surface area (Å²) in [5.41, 5.74) is 1.13. The lowest BCUT2D eigenvalue weighted by atomic mass is 10.1. The molecular weight excluding hydrogens is 322 g/mol. The first-order valence-electron chi connectivity index (χ1n) is 6.98. The molecule has 0 amide bonds. The maximum absolute atomic E-state index is 10.9. The molecule has 0 aromatic heterocycles. The van der Waals surface area contributed by atoms with E-state index in [0.717, 1.165) is 44.8 Å². The van der Waals surface area contributed by atoms with Gasteiger partial charge in [0.2, 0.25) is 0 Å². The van der Waals surface area contributed by atoms with Crippen molar-refractivity contribution < 1.29 is 4.92 Å². The fourth-order valence-electron chi connectivity index (χ4n) is 2.56. The molecule has 6 heteroatoms. The fraction of sp³-hybridized carbons (Fsp3) is 0.571. The normalized spacial score (nSPS) is 17.3. The van der Waals surface area contributed by atoms with E-state index in [-0.39, 0.29) is 10.6 Å². The van der Waals surface area contributed by atoms with Gasteiger partial charge in [0, 0.05) is 38.8 Å². The summed E-state index contributed by atoms with van der Waals surface area (Å²) in [6, 6.07) is 5.24. The number of benzene rings is 1. The Bertz CT molecular complexity index is 473. The Morgan fingerprint density at radius 2 is 1.90 bits per heavy atom. The van der Waals surface area contributed by atoms with Gasteiger partial charge < -0.3 is 4.90 Å². The molecule has 1 heterocycles. The van der Waals surface area contributed by atoms with E-state index in [4.69, 9.17) is 0 Å². The molecule has 0 saturated carbocycles. The summed E-state index contributed by atoms with van der Waals surface area (Å²) in [6.45, 7) is 8.34. The van der Waals surface area contributed by atoms with Gasteiger partial charge in [-0.25, -0.2) is 0 Å². The second kappa shape index (κ2) is 7.15. The first kappa shape index (κ1) is 15.4. The molecule has 0 unspecified atom stereocenters. The summed E-state index contributed by atoms with van der Waals surface area (Å²) in [5, 5.41) is 10.9. The molecule has 110 valence electrons. The van der Waals surface area contributed by atoms with Crippen LogP contribution in [0.1, 0.15) is 18.9 Å². The van der Waals surface area contributed by atoms with Gasteiger partial charge in [0.05, 0.1) is 9.40 Å². The van der Waals surface area contributed by atoms with E-state index in [2.05, 4.69) is 32.7 Å². The quantitative estimate of drug-likeness (QED) is 0.610. The maximum Gasteiger partial charge on any atom is 0.283 e. The van der Waals surface area contributed by atoms with E-state index in [1.165, 1.54) is 12.5 Å². The predicted octanol–water partition coefficient (Wildman–Crippen LogP) is 2.88. The summed E-state index contributed by atoms with van der Waals surface area (Å²) < 4.78 is 0.612.